The minimum absolute atomic E-state index is 0.000699. The molecule has 2 aliphatic rings. The lowest BCUT2D eigenvalue weighted by Gasteiger charge is -2.13. The monoisotopic (exact) mass is 602 g/mol. The fourth-order valence-electron chi connectivity index (χ4n) is 5.42. The number of allylic oxidation sites excluding steroid dienone is 3. The second kappa shape index (κ2) is 10.8. The minimum Gasteiger partial charge on any atom is -0.399 e. The van der Waals surface area contributed by atoms with Crippen molar-refractivity contribution in [3.05, 3.63) is 143 Å². The van der Waals surface area contributed by atoms with Gasteiger partial charge in [0.15, 0.2) is 11.6 Å². The summed E-state index contributed by atoms with van der Waals surface area (Å²) in [5, 5.41) is 19.9. The van der Waals surface area contributed by atoms with E-state index >= 15 is 0 Å². The Kier molecular flexibility index (Phi) is 7.25. The molecule has 3 aromatic carbocycles. The molecule has 0 amide bonds. The molecule has 0 unspecified atom stereocenters. The minimum atomic E-state index is -5.38. The molecule has 0 radical (unpaired) electrons. The van der Waals surface area contributed by atoms with Gasteiger partial charge >= 0.3 is 12.2 Å². The average Bonchev–Trinajstić information content (AvgIpc) is 3.50. The third-order valence-electron chi connectivity index (χ3n) is 7.29. The number of benzene rings is 3. The predicted octanol–water partition coefficient (Wildman–Crippen LogP) is 6.35. The van der Waals surface area contributed by atoms with Gasteiger partial charge in [0.1, 0.15) is 42.5 Å². The number of nitriles is 2. The van der Waals surface area contributed by atoms with Crippen LogP contribution in [0.25, 0.3) is 20.8 Å². The summed E-state index contributed by atoms with van der Waals surface area (Å²) >= 11 is 0. The summed E-state index contributed by atoms with van der Waals surface area (Å²) in [6.45, 7) is 16.2. The van der Waals surface area contributed by atoms with Crippen molar-refractivity contribution in [3.8, 4) is 17.9 Å². The Balaban J connectivity index is 1.87. The van der Waals surface area contributed by atoms with Gasteiger partial charge in [-0.2, -0.15) is 20.2 Å². The van der Waals surface area contributed by atoms with Gasteiger partial charge in [0, 0.05) is 12.0 Å². The maximum absolute atomic E-state index is 14.8. The number of nitrogens with zero attached hydrogens (tertiary/aromatic N) is 4. The van der Waals surface area contributed by atoms with E-state index in [-0.39, 0.29) is 62.9 Å². The van der Waals surface area contributed by atoms with Gasteiger partial charge in [-0.15, -0.1) is 13.2 Å². The van der Waals surface area contributed by atoms with Crippen LogP contribution >= 0.6 is 0 Å². The van der Waals surface area contributed by atoms with Crippen LogP contribution in [0.1, 0.15) is 27.8 Å². The summed E-state index contributed by atoms with van der Waals surface area (Å²) in [6, 6.07) is 9.87. The highest BCUT2D eigenvalue weighted by Crippen LogP contribution is 2.37. The normalized spacial score (nSPS) is 13.5. The molecular formula is C32H13F7N4O. The molecule has 12 heteroatoms. The quantitative estimate of drug-likeness (QED) is 0.199. The molecule has 5 rings (SSSR count). The van der Waals surface area contributed by atoms with E-state index in [1.165, 1.54) is 13.0 Å². The topological polar surface area (TPSA) is 65.5 Å². The van der Waals surface area contributed by atoms with E-state index in [9.17, 15) is 41.3 Å². The number of hydrogen-bond acceptors (Lipinski definition) is 3. The van der Waals surface area contributed by atoms with Crippen LogP contribution in [0.4, 0.5) is 30.7 Å². The Bertz CT molecular complexity index is 2110. The highest BCUT2D eigenvalue weighted by atomic mass is 19.4. The SMILES string of the molecule is [C-]#[N+]C([N+]#[C-])=C1Cc2cc3c(cc2=C1c1cc(F)c(C)c(F)c1)CC(=C(C#N)C#N)C=3c1cc(F)c(OC(F)(F)F)c(F)c1. The Morgan fingerprint density at radius 3 is 1.61 bits per heavy atom. The Hall–Kier alpha value is -5.85. The molecule has 0 saturated carbocycles. The van der Waals surface area contributed by atoms with Crippen molar-refractivity contribution in [3.63, 3.8) is 0 Å². The molecule has 216 valence electrons. The molecule has 0 fully saturated rings. The summed E-state index contributed by atoms with van der Waals surface area (Å²) in [5.41, 5.74) is 0.438. The molecule has 0 spiro atoms. The first kappa shape index (κ1) is 29.6. The molecule has 0 heterocycles. The number of alkyl halides is 3. The largest absolute Gasteiger partial charge is 0.573 e. The van der Waals surface area contributed by atoms with E-state index in [0.29, 0.717) is 28.5 Å². The third kappa shape index (κ3) is 4.93. The van der Waals surface area contributed by atoms with Gasteiger partial charge < -0.3 is 4.74 Å². The summed E-state index contributed by atoms with van der Waals surface area (Å²) < 4.78 is 100. The number of halogens is 7. The lowest BCUT2D eigenvalue weighted by atomic mass is 9.95. The molecule has 3 aromatic rings. The van der Waals surface area contributed by atoms with Crippen molar-refractivity contribution in [2.45, 2.75) is 26.1 Å². The molecule has 44 heavy (non-hydrogen) atoms. The van der Waals surface area contributed by atoms with Crippen LogP contribution in [0.2, 0.25) is 0 Å². The molecular weight excluding hydrogens is 589 g/mol. The van der Waals surface area contributed by atoms with Gasteiger partial charge in [-0.05, 0) is 99.2 Å². The average molecular weight is 602 g/mol. The van der Waals surface area contributed by atoms with Crippen LogP contribution < -0.4 is 15.2 Å². The van der Waals surface area contributed by atoms with Crippen LogP contribution in [0.5, 0.6) is 5.75 Å². The van der Waals surface area contributed by atoms with E-state index in [4.69, 9.17) is 13.1 Å². The Morgan fingerprint density at radius 2 is 1.18 bits per heavy atom. The van der Waals surface area contributed by atoms with Gasteiger partial charge in [-0.3, -0.25) is 0 Å². The van der Waals surface area contributed by atoms with Crippen LogP contribution in [0, 0.1) is 66.0 Å². The summed E-state index contributed by atoms with van der Waals surface area (Å²) in [5.74, 6) is -7.11. The van der Waals surface area contributed by atoms with Gasteiger partial charge in [-0.25, -0.2) is 17.6 Å². The zero-order chi connectivity index (χ0) is 32.1. The van der Waals surface area contributed by atoms with Gasteiger partial charge in [0.05, 0.1) is 5.57 Å². The van der Waals surface area contributed by atoms with Crippen molar-refractivity contribution >= 4 is 11.1 Å². The number of ether oxygens (including phenoxy) is 1. The molecule has 5 nitrogen and oxygen atoms in total. The lowest BCUT2D eigenvalue weighted by molar-refractivity contribution is -0.276. The van der Waals surface area contributed by atoms with E-state index < -0.39 is 41.0 Å². The second-order valence-corrected chi connectivity index (χ2v) is 9.75. The fraction of sp³-hybridized carbons (Fsp3) is 0.125. The van der Waals surface area contributed by atoms with Crippen LogP contribution in [-0.2, 0) is 12.8 Å². The molecule has 0 aromatic heterocycles. The third-order valence-corrected chi connectivity index (χ3v) is 7.29. The first-order valence-corrected chi connectivity index (χ1v) is 12.5. The smallest absolute Gasteiger partial charge is 0.399 e. The highest BCUT2D eigenvalue weighted by Gasteiger charge is 2.35. The maximum atomic E-state index is 14.8. The zero-order valence-electron chi connectivity index (χ0n) is 22.2. The zero-order valence-corrected chi connectivity index (χ0v) is 22.2. The molecule has 0 bridgehead atoms. The number of hydrogen-bond donors (Lipinski definition) is 0. The maximum Gasteiger partial charge on any atom is 0.573 e. The first-order valence-electron chi connectivity index (χ1n) is 12.5. The predicted molar refractivity (Wildman–Crippen MR) is 141 cm³/mol. The van der Waals surface area contributed by atoms with Crippen molar-refractivity contribution < 1.29 is 35.5 Å². The van der Waals surface area contributed by atoms with E-state index in [1.54, 1.807) is 18.2 Å². The molecule has 0 N–H and O–H groups in total. The van der Waals surface area contributed by atoms with E-state index in [2.05, 4.69) is 14.4 Å². The highest BCUT2D eigenvalue weighted by molar-refractivity contribution is 5.88. The Labute approximate surface area is 244 Å². The molecule has 0 atom stereocenters. The fourth-order valence-corrected chi connectivity index (χ4v) is 5.42. The van der Waals surface area contributed by atoms with E-state index in [0.717, 1.165) is 12.1 Å². The number of fused-ring (bicyclic) bond motifs is 2. The summed E-state index contributed by atoms with van der Waals surface area (Å²) in [7, 11) is 0. The van der Waals surface area contributed by atoms with Gasteiger partial charge in [0.25, 0.3) is 0 Å². The van der Waals surface area contributed by atoms with Crippen molar-refractivity contribution in [1.82, 2.24) is 0 Å². The van der Waals surface area contributed by atoms with Crippen LogP contribution in [-0.4, -0.2) is 6.36 Å². The molecule has 0 saturated heterocycles. The summed E-state index contributed by atoms with van der Waals surface area (Å²) in [4.78, 5) is 6.54. The second-order valence-electron chi connectivity index (χ2n) is 9.75. The van der Waals surface area contributed by atoms with Crippen molar-refractivity contribution in [1.29, 1.82) is 10.5 Å². The van der Waals surface area contributed by atoms with Crippen molar-refractivity contribution in [2.75, 3.05) is 0 Å². The number of rotatable bonds is 3. The van der Waals surface area contributed by atoms with Crippen LogP contribution in [0.3, 0.4) is 0 Å². The molecule has 2 aliphatic carbocycles. The standard InChI is InChI=1S/C32H13F7N4O/c1-14-24(33)8-17(9-25(14)34)29-21-4-15-6-22(19(12-40)13-41)28(20(15)5-16(21)7-23(29)31(42-2)43-3)18-10-26(35)30(27(36)11-18)44-32(37,38)39/h4-5,8-11H,6-7H2,1H3. The summed E-state index contributed by atoms with van der Waals surface area (Å²) in [6.07, 6.45) is -5.55. The van der Waals surface area contributed by atoms with E-state index in [1.807, 2.05) is 0 Å². The van der Waals surface area contributed by atoms with Gasteiger partial charge in [0.2, 0.25) is 5.75 Å². The van der Waals surface area contributed by atoms with Gasteiger partial charge in [-0.1, -0.05) is 0 Å². The van der Waals surface area contributed by atoms with Crippen LogP contribution in [0.15, 0.2) is 58.9 Å². The Morgan fingerprint density at radius 1 is 0.750 bits per heavy atom. The molecule has 0 aliphatic heterocycles. The lowest BCUT2D eigenvalue weighted by Crippen LogP contribution is -2.19. The van der Waals surface area contributed by atoms with Crippen molar-refractivity contribution in [2.24, 2.45) is 0 Å². The first-order chi connectivity index (χ1) is 20.8.